The molecule has 9 heteroatoms. The number of aryl methyl sites for hydroxylation is 1. The predicted molar refractivity (Wildman–Crippen MR) is 81.4 cm³/mol. The van der Waals surface area contributed by atoms with Crippen molar-refractivity contribution in [3.63, 3.8) is 0 Å². The fourth-order valence-corrected chi connectivity index (χ4v) is 2.50. The second kappa shape index (κ2) is 7.82. The number of nitrogens with zero attached hydrogens (tertiary/aromatic N) is 2. The number of alkyl halides is 2. The first-order valence-corrected chi connectivity index (χ1v) is 7.47. The Morgan fingerprint density at radius 2 is 2.09 bits per heavy atom. The summed E-state index contributed by atoms with van der Waals surface area (Å²) < 4.78 is 35.2. The maximum absolute atomic E-state index is 12.4. The number of anilines is 1. The van der Waals surface area contributed by atoms with E-state index in [9.17, 15) is 13.6 Å². The van der Waals surface area contributed by atoms with Crippen molar-refractivity contribution in [3.8, 4) is 11.5 Å². The van der Waals surface area contributed by atoms with Crippen LogP contribution >= 0.6 is 11.3 Å². The Morgan fingerprint density at radius 1 is 1.30 bits per heavy atom. The first-order chi connectivity index (χ1) is 11.0. The average molecular weight is 343 g/mol. The van der Waals surface area contributed by atoms with Crippen molar-refractivity contribution < 1.29 is 23.0 Å². The van der Waals surface area contributed by atoms with Crippen LogP contribution < -0.4 is 14.8 Å². The number of carbonyl (C=O) groups is 1. The quantitative estimate of drug-likeness (QED) is 0.836. The van der Waals surface area contributed by atoms with Crippen molar-refractivity contribution in [1.29, 1.82) is 0 Å². The van der Waals surface area contributed by atoms with Crippen LogP contribution in [0.4, 0.5) is 13.9 Å². The Bertz CT molecular complexity index is 679. The molecule has 0 aliphatic carbocycles. The summed E-state index contributed by atoms with van der Waals surface area (Å²) in [6, 6.07) is 5.30. The number of carbonyl (C=O) groups excluding carboxylic acids is 1. The van der Waals surface area contributed by atoms with E-state index in [1.165, 1.54) is 0 Å². The fraction of sp³-hybridized carbons (Fsp3) is 0.357. The first-order valence-electron chi connectivity index (χ1n) is 6.65. The van der Waals surface area contributed by atoms with Crippen molar-refractivity contribution in [2.24, 2.45) is 0 Å². The van der Waals surface area contributed by atoms with Gasteiger partial charge >= 0.3 is 0 Å². The molecule has 2 rings (SSSR count). The molecule has 0 radical (unpaired) electrons. The molecule has 124 valence electrons. The lowest BCUT2D eigenvalue weighted by Crippen LogP contribution is -2.12. The minimum absolute atomic E-state index is 0.0582. The van der Waals surface area contributed by atoms with Crippen molar-refractivity contribution in [3.05, 3.63) is 28.8 Å². The molecule has 0 unspecified atom stereocenters. The van der Waals surface area contributed by atoms with Gasteiger partial charge in [-0.1, -0.05) is 11.3 Å². The topological polar surface area (TPSA) is 73.3 Å². The van der Waals surface area contributed by atoms with Gasteiger partial charge in [-0.25, -0.2) is 8.78 Å². The highest BCUT2D eigenvalue weighted by atomic mass is 32.1. The number of nitrogens with one attached hydrogen (secondary N) is 1. The predicted octanol–water partition coefficient (Wildman–Crippen LogP) is 3.06. The third-order valence-corrected chi connectivity index (χ3v) is 3.83. The first kappa shape index (κ1) is 17.1. The minimum Gasteiger partial charge on any atom is -0.497 e. The average Bonchev–Trinajstić information content (AvgIpc) is 3.01. The standard InChI is InChI=1S/C14H15F2N3O3S/c1-21-9-4-5-10(22-2)8(7-9)3-6-11(20)17-14-19-18-13(23-14)12(15)16/h4-5,7,12H,3,6H2,1-2H3,(H,17,19,20). The van der Waals surface area contributed by atoms with E-state index in [1.807, 2.05) is 0 Å². The zero-order valence-corrected chi connectivity index (χ0v) is 13.3. The van der Waals surface area contributed by atoms with Crippen molar-refractivity contribution in [1.82, 2.24) is 10.2 Å². The summed E-state index contributed by atoms with van der Waals surface area (Å²) in [5, 5.41) is 8.90. The molecule has 2 aromatic rings. The molecule has 0 fully saturated rings. The molecular formula is C14H15F2N3O3S. The smallest absolute Gasteiger partial charge is 0.291 e. The van der Waals surface area contributed by atoms with Gasteiger partial charge in [-0.05, 0) is 30.2 Å². The van der Waals surface area contributed by atoms with E-state index < -0.39 is 11.4 Å². The molecule has 0 spiro atoms. The van der Waals surface area contributed by atoms with Crippen molar-refractivity contribution in [2.45, 2.75) is 19.3 Å². The Morgan fingerprint density at radius 3 is 2.70 bits per heavy atom. The van der Waals surface area contributed by atoms with Gasteiger partial charge in [0.05, 0.1) is 14.2 Å². The van der Waals surface area contributed by atoms with Crippen LogP contribution in [0.5, 0.6) is 11.5 Å². The van der Waals surface area contributed by atoms with E-state index in [1.54, 1.807) is 32.4 Å². The zero-order valence-electron chi connectivity index (χ0n) is 12.5. The summed E-state index contributed by atoms with van der Waals surface area (Å²) >= 11 is 0.656. The van der Waals surface area contributed by atoms with E-state index in [-0.39, 0.29) is 17.5 Å². The van der Waals surface area contributed by atoms with E-state index in [2.05, 4.69) is 15.5 Å². The lowest BCUT2D eigenvalue weighted by molar-refractivity contribution is -0.116. The van der Waals surface area contributed by atoms with E-state index in [0.717, 1.165) is 5.56 Å². The Kier molecular flexibility index (Phi) is 5.80. The van der Waals surface area contributed by atoms with Crippen LogP contribution in [0.25, 0.3) is 0 Å². The summed E-state index contributed by atoms with van der Waals surface area (Å²) in [6.07, 6.45) is -2.14. The van der Waals surface area contributed by atoms with Crippen LogP contribution in [-0.4, -0.2) is 30.3 Å². The highest BCUT2D eigenvalue weighted by Gasteiger charge is 2.15. The second-order valence-electron chi connectivity index (χ2n) is 4.47. The maximum atomic E-state index is 12.4. The Labute approximate surface area is 135 Å². The van der Waals surface area contributed by atoms with Crippen molar-refractivity contribution in [2.75, 3.05) is 19.5 Å². The SMILES string of the molecule is COc1ccc(OC)c(CCC(=O)Nc2nnc(C(F)F)s2)c1. The highest BCUT2D eigenvalue weighted by molar-refractivity contribution is 7.15. The number of aromatic nitrogens is 2. The number of methoxy groups -OCH3 is 2. The molecule has 1 heterocycles. The second-order valence-corrected chi connectivity index (χ2v) is 5.48. The van der Waals surface area contributed by atoms with Crippen LogP contribution in [-0.2, 0) is 11.2 Å². The normalized spacial score (nSPS) is 10.7. The lowest BCUT2D eigenvalue weighted by Gasteiger charge is -2.10. The van der Waals surface area contributed by atoms with Gasteiger partial charge in [0.15, 0.2) is 5.01 Å². The van der Waals surface area contributed by atoms with Crippen LogP contribution in [0.3, 0.4) is 0 Å². The molecule has 1 aromatic heterocycles. The van der Waals surface area contributed by atoms with E-state index in [4.69, 9.17) is 9.47 Å². The van der Waals surface area contributed by atoms with E-state index >= 15 is 0 Å². The number of benzene rings is 1. The Hall–Kier alpha value is -2.29. The molecule has 0 bridgehead atoms. The number of ether oxygens (including phenoxy) is 2. The van der Waals surface area contributed by atoms with Gasteiger partial charge in [0.25, 0.3) is 6.43 Å². The molecule has 6 nitrogen and oxygen atoms in total. The van der Waals surface area contributed by atoms with E-state index in [0.29, 0.717) is 29.3 Å². The van der Waals surface area contributed by atoms with Crippen molar-refractivity contribution >= 4 is 22.4 Å². The number of rotatable bonds is 7. The summed E-state index contributed by atoms with van der Waals surface area (Å²) in [5.74, 6) is 0.966. The maximum Gasteiger partial charge on any atom is 0.291 e. The summed E-state index contributed by atoms with van der Waals surface area (Å²) in [7, 11) is 3.09. The largest absolute Gasteiger partial charge is 0.497 e. The molecule has 0 aliphatic heterocycles. The van der Waals surface area contributed by atoms with Gasteiger partial charge in [-0.3, -0.25) is 4.79 Å². The molecule has 23 heavy (non-hydrogen) atoms. The van der Waals surface area contributed by atoms with Gasteiger partial charge in [0.2, 0.25) is 11.0 Å². The molecule has 1 N–H and O–H groups in total. The van der Waals surface area contributed by atoms with Gasteiger partial charge < -0.3 is 14.8 Å². The summed E-state index contributed by atoms with van der Waals surface area (Å²) in [6.45, 7) is 0. The van der Waals surface area contributed by atoms with Crippen LogP contribution in [0, 0.1) is 0 Å². The molecule has 1 amide bonds. The third-order valence-electron chi connectivity index (χ3n) is 2.98. The van der Waals surface area contributed by atoms with Crippen LogP contribution in [0.15, 0.2) is 18.2 Å². The zero-order chi connectivity index (χ0) is 16.8. The fourth-order valence-electron chi connectivity index (χ4n) is 1.88. The summed E-state index contributed by atoms with van der Waals surface area (Å²) in [5.41, 5.74) is 0.813. The Balaban J connectivity index is 1.95. The molecule has 0 atom stereocenters. The molecule has 1 aromatic carbocycles. The monoisotopic (exact) mass is 343 g/mol. The van der Waals surface area contributed by atoms with Gasteiger partial charge in [-0.15, -0.1) is 10.2 Å². The number of halogens is 2. The lowest BCUT2D eigenvalue weighted by atomic mass is 10.1. The summed E-state index contributed by atoms with van der Waals surface area (Å²) in [4.78, 5) is 11.9. The molecule has 0 aliphatic rings. The van der Waals surface area contributed by atoms with Gasteiger partial charge in [0.1, 0.15) is 11.5 Å². The van der Waals surface area contributed by atoms with Gasteiger partial charge in [-0.2, -0.15) is 0 Å². The van der Waals surface area contributed by atoms with Crippen LogP contribution in [0.2, 0.25) is 0 Å². The molecule has 0 saturated carbocycles. The minimum atomic E-state index is -2.70. The molecular weight excluding hydrogens is 328 g/mol. The van der Waals surface area contributed by atoms with Gasteiger partial charge in [0, 0.05) is 6.42 Å². The number of hydrogen-bond donors (Lipinski definition) is 1. The highest BCUT2D eigenvalue weighted by Crippen LogP contribution is 2.27. The third kappa shape index (κ3) is 4.59. The molecule has 0 saturated heterocycles. The number of amides is 1. The van der Waals surface area contributed by atoms with Crippen LogP contribution in [0.1, 0.15) is 23.4 Å². The number of hydrogen-bond acceptors (Lipinski definition) is 6.